The number of thiophene rings is 1. The Morgan fingerprint density at radius 3 is 2.79 bits per heavy atom. The molecule has 0 radical (unpaired) electrons. The fraction of sp³-hybridized carbons (Fsp3) is 0.308. The number of rotatable bonds is 5. The standard InChI is InChI=1S/C13H16N4OS/c1-9(7-10-5-6-19-8-10)15-13(18)11-3-4-12(14-2)17-16-11/h3-6,8-9H,7H2,1-2H3,(H,14,17)(H,15,18). The second-order valence-electron chi connectivity index (χ2n) is 4.26. The summed E-state index contributed by atoms with van der Waals surface area (Å²) in [5.74, 6) is 0.445. The summed E-state index contributed by atoms with van der Waals surface area (Å²) in [7, 11) is 1.76. The van der Waals surface area contributed by atoms with Crippen molar-refractivity contribution in [3.63, 3.8) is 0 Å². The van der Waals surface area contributed by atoms with Crippen LogP contribution in [-0.4, -0.2) is 29.2 Å². The number of anilines is 1. The molecule has 1 unspecified atom stereocenters. The van der Waals surface area contributed by atoms with Crippen LogP contribution >= 0.6 is 11.3 Å². The fourth-order valence-electron chi connectivity index (χ4n) is 1.70. The van der Waals surface area contributed by atoms with Gasteiger partial charge in [-0.25, -0.2) is 0 Å². The minimum Gasteiger partial charge on any atom is -0.372 e. The van der Waals surface area contributed by atoms with Crippen LogP contribution in [0.3, 0.4) is 0 Å². The zero-order valence-corrected chi connectivity index (χ0v) is 11.7. The molecule has 0 aliphatic carbocycles. The van der Waals surface area contributed by atoms with Crippen LogP contribution in [0.25, 0.3) is 0 Å². The molecule has 0 saturated carbocycles. The number of nitrogens with one attached hydrogen (secondary N) is 2. The first kappa shape index (κ1) is 13.5. The second kappa shape index (κ2) is 6.29. The van der Waals surface area contributed by atoms with Crippen LogP contribution in [0.5, 0.6) is 0 Å². The summed E-state index contributed by atoms with van der Waals surface area (Å²) in [6.45, 7) is 1.98. The molecule has 2 heterocycles. The summed E-state index contributed by atoms with van der Waals surface area (Å²) < 4.78 is 0. The zero-order valence-electron chi connectivity index (χ0n) is 10.9. The highest BCUT2D eigenvalue weighted by molar-refractivity contribution is 7.07. The van der Waals surface area contributed by atoms with Crippen molar-refractivity contribution in [2.45, 2.75) is 19.4 Å². The van der Waals surface area contributed by atoms with Crippen LogP contribution in [-0.2, 0) is 6.42 Å². The number of hydrogen-bond donors (Lipinski definition) is 2. The lowest BCUT2D eigenvalue weighted by molar-refractivity contribution is 0.0934. The van der Waals surface area contributed by atoms with Crippen molar-refractivity contribution in [3.8, 4) is 0 Å². The van der Waals surface area contributed by atoms with Crippen molar-refractivity contribution < 1.29 is 4.79 Å². The topological polar surface area (TPSA) is 66.9 Å². The molecule has 0 aromatic carbocycles. The van der Waals surface area contributed by atoms with Crippen molar-refractivity contribution in [3.05, 3.63) is 40.2 Å². The molecule has 1 amide bonds. The molecule has 0 spiro atoms. The Bertz CT molecular complexity index is 524. The SMILES string of the molecule is CNc1ccc(C(=O)NC(C)Cc2ccsc2)nn1. The molecular weight excluding hydrogens is 260 g/mol. The predicted octanol–water partition coefficient (Wildman–Crippen LogP) is 1.94. The average molecular weight is 276 g/mol. The van der Waals surface area contributed by atoms with Gasteiger partial charge < -0.3 is 10.6 Å². The van der Waals surface area contributed by atoms with Gasteiger partial charge in [0.1, 0.15) is 5.82 Å². The number of carbonyl (C=O) groups excluding carboxylic acids is 1. The van der Waals surface area contributed by atoms with E-state index in [1.54, 1.807) is 30.5 Å². The lowest BCUT2D eigenvalue weighted by atomic mass is 10.1. The van der Waals surface area contributed by atoms with Crippen LogP contribution in [0.4, 0.5) is 5.82 Å². The minimum absolute atomic E-state index is 0.0628. The lowest BCUT2D eigenvalue weighted by Gasteiger charge is -2.12. The third kappa shape index (κ3) is 3.75. The van der Waals surface area contributed by atoms with Crippen molar-refractivity contribution in [1.82, 2.24) is 15.5 Å². The normalized spacial score (nSPS) is 11.9. The Balaban J connectivity index is 1.92. The third-order valence-electron chi connectivity index (χ3n) is 2.65. The maximum atomic E-state index is 12.0. The molecule has 100 valence electrons. The highest BCUT2D eigenvalue weighted by Gasteiger charge is 2.12. The Morgan fingerprint density at radius 2 is 2.21 bits per heavy atom. The predicted molar refractivity (Wildman–Crippen MR) is 76.5 cm³/mol. The average Bonchev–Trinajstić information content (AvgIpc) is 2.91. The van der Waals surface area contributed by atoms with E-state index in [4.69, 9.17) is 0 Å². The van der Waals surface area contributed by atoms with E-state index in [0.717, 1.165) is 6.42 Å². The van der Waals surface area contributed by atoms with Crippen LogP contribution in [0.15, 0.2) is 29.0 Å². The van der Waals surface area contributed by atoms with Gasteiger partial charge in [0, 0.05) is 13.1 Å². The second-order valence-corrected chi connectivity index (χ2v) is 5.04. The molecule has 0 aliphatic rings. The monoisotopic (exact) mass is 276 g/mol. The van der Waals surface area contributed by atoms with Crippen LogP contribution in [0, 0.1) is 0 Å². The van der Waals surface area contributed by atoms with Gasteiger partial charge in [-0.1, -0.05) is 0 Å². The van der Waals surface area contributed by atoms with Crippen molar-refractivity contribution in [1.29, 1.82) is 0 Å². The summed E-state index contributed by atoms with van der Waals surface area (Å²) in [4.78, 5) is 12.0. The maximum absolute atomic E-state index is 12.0. The van der Waals surface area contributed by atoms with Gasteiger partial charge in [0.2, 0.25) is 0 Å². The van der Waals surface area contributed by atoms with Gasteiger partial charge in [-0.05, 0) is 47.9 Å². The summed E-state index contributed by atoms with van der Waals surface area (Å²) in [6, 6.07) is 5.51. The van der Waals surface area contributed by atoms with Crippen molar-refractivity contribution in [2.24, 2.45) is 0 Å². The van der Waals surface area contributed by atoms with Gasteiger partial charge in [0.15, 0.2) is 5.69 Å². The molecule has 2 N–H and O–H groups in total. The van der Waals surface area contributed by atoms with Gasteiger partial charge in [-0.3, -0.25) is 4.79 Å². The molecule has 2 aromatic rings. The number of aromatic nitrogens is 2. The van der Waals surface area contributed by atoms with Gasteiger partial charge in [-0.2, -0.15) is 11.3 Å². The summed E-state index contributed by atoms with van der Waals surface area (Å²) >= 11 is 1.66. The van der Waals surface area contributed by atoms with E-state index < -0.39 is 0 Å². The first-order valence-corrected chi connectivity index (χ1v) is 6.96. The fourth-order valence-corrected chi connectivity index (χ4v) is 2.38. The Kier molecular flexibility index (Phi) is 4.46. The van der Waals surface area contributed by atoms with Gasteiger partial charge in [0.25, 0.3) is 5.91 Å². The molecule has 0 aliphatic heterocycles. The summed E-state index contributed by atoms with van der Waals surface area (Å²) in [5.41, 5.74) is 1.56. The minimum atomic E-state index is -0.196. The Morgan fingerprint density at radius 1 is 1.37 bits per heavy atom. The molecule has 19 heavy (non-hydrogen) atoms. The number of amides is 1. The zero-order chi connectivity index (χ0) is 13.7. The summed E-state index contributed by atoms with van der Waals surface area (Å²) in [5, 5.41) is 17.7. The largest absolute Gasteiger partial charge is 0.372 e. The van der Waals surface area contributed by atoms with E-state index in [1.165, 1.54) is 5.56 Å². The molecule has 5 nitrogen and oxygen atoms in total. The molecule has 2 rings (SSSR count). The molecule has 6 heteroatoms. The lowest BCUT2D eigenvalue weighted by Crippen LogP contribution is -2.34. The van der Waals surface area contributed by atoms with E-state index in [0.29, 0.717) is 11.5 Å². The number of nitrogens with zero attached hydrogens (tertiary/aromatic N) is 2. The maximum Gasteiger partial charge on any atom is 0.272 e. The number of hydrogen-bond acceptors (Lipinski definition) is 5. The van der Waals surface area contributed by atoms with Crippen LogP contribution < -0.4 is 10.6 Å². The van der Waals surface area contributed by atoms with E-state index in [1.807, 2.05) is 12.3 Å². The highest BCUT2D eigenvalue weighted by atomic mass is 32.1. The molecule has 1 atom stereocenters. The quantitative estimate of drug-likeness (QED) is 0.876. The highest BCUT2D eigenvalue weighted by Crippen LogP contribution is 2.09. The van der Waals surface area contributed by atoms with E-state index >= 15 is 0 Å². The van der Waals surface area contributed by atoms with E-state index in [9.17, 15) is 4.79 Å². The van der Waals surface area contributed by atoms with Crippen molar-refractivity contribution >= 4 is 23.1 Å². The summed E-state index contributed by atoms with van der Waals surface area (Å²) in [6.07, 6.45) is 0.817. The molecule has 2 aromatic heterocycles. The number of carbonyl (C=O) groups is 1. The van der Waals surface area contributed by atoms with Gasteiger partial charge >= 0.3 is 0 Å². The van der Waals surface area contributed by atoms with Gasteiger partial charge in [-0.15, -0.1) is 10.2 Å². The van der Waals surface area contributed by atoms with Crippen LogP contribution in [0.1, 0.15) is 23.0 Å². The third-order valence-corrected chi connectivity index (χ3v) is 3.38. The Hall–Kier alpha value is -1.95. The molecular formula is C13H16N4OS. The van der Waals surface area contributed by atoms with Gasteiger partial charge in [0.05, 0.1) is 0 Å². The molecule has 0 bridgehead atoms. The molecule has 0 fully saturated rings. The van der Waals surface area contributed by atoms with E-state index in [-0.39, 0.29) is 11.9 Å². The van der Waals surface area contributed by atoms with Crippen molar-refractivity contribution in [2.75, 3.05) is 12.4 Å². The van der Waals surface area contributed by atoms with E-state index in [2.05, 4.69) is 32.3 Å². The first-order valence-electron chi connectivity index (χ1n) is 6.02. The van der Waals surface area contributed by atoms with Crippen LogP contribution in [0.2, 0.25) is 0 Å². The first-order chi connectivity index (χ1) is 9.19. The molecule has 0 saturated heterocycles. The Labute approximate surface area is 116 Å². The smallest absolute Gasteiger partial charge is 0.272 e.